The second kappa shape index (κ2) is 7.13. The Balaban J connectivity index is 2.88. The topological polar surface area (TPSA) is 119 Å². The number of carbonyl (C=O) groups excluding carboxylic acids is 2. The zero-order chi connectivity index (χ0) is 15.1. The molecule has 7 nitrogen and oxygen atoms in total. The highest BCUT2D eigenvalue weighted by Crippen LogP contribution is 2.17. The van der Waals surface area contributed by atoms with Gasteiger partial charge in [-0.3, -0.25) is 9.59 Å². The lowest BCUT2D eigenvalue weighted by Crippen LogP contribution is -2.43. The number of benzene rings is 1. The molecule has 108 valence electrons. The van der Waals surface area contributed by atoms with Gasteiger partial charge in [-0.05, 0) is 19.1 Å². The Morgan fingerprint density at radius 1 is 1.35 bits per heavy atom. The van der Waals surface area contributed by atoms with Gasteiger partial charge < -0.3 is 20.9 Å². The monoisotopic (exact) mass is 280 g/mol. The van der Waals surface area contributed by atoms with E-state index in [1.54, 1.807) is 25.1 Å². The fraction of sp³-hybridized carbons (Fsp3) is 0.308. The number of rotatable bonds is 7. The summed E-state index contributed by atoms with van der Waals surface area (Å²) in [6.45, 7) is 2.13. The van der Waals surface area contributed by atoms with Crippen molar-refractivity contribution in [2.45, 2.75) is 19.4 Å². The number of ether oxygens (including phenoxy) is 1. The molecule has 0 bridgehead atoms. The zero-order valence-electron chi connectivity index (χ0n) is 11.0. The number of para-hydroxylation sites is 1. The van der Waals surface area contributed by atoms with Crippen LogP contribution in [-0.4, -0.2) is 35.5 Å². The number of nitrogens with one attached hydrogen (secondary N) is 1. The number of carboxylic acids is 1. The van der Waals surface area contributed by atoms with Gasteiger partial charge in [0.2, 0.25) is 5.91 Å². The maximum atomic E-state index is 12.0. The molecule has 7 heteroatoms. The molecule has 20 heavy (non-hydrogen) atoms. The summed E-state index contributed by atoms with van der Waals surface area (Å²) in [6.07, 6.45) is -0.474. The molecular formula is C13H16N2O5. The molecule has 0 aromatic heterocycles. The Bertz CT molecular complexity index is 515. The van der Waals surface area contributed by atoms with E-state index in [9.17, 15) is 14.4 Å². The maximum absolute atomic E-state index is 12.0. The van der Waals surface area contributed by atoms with E-state index < -0.39 is 30.2 Å². The summed E-state index contributed by atoms with van der Waals surface area (Å²) < 4.78 is 5.28. The minimum Gasteiger partial charge on any atom is -0.493 e. The van der Waals surface area contributed by atoms with E-state index in [0.717, 1.165) is 0 Å². The smallest absolute Gasteiger partial charge is 0.326 e. The summed E-state index contributed by atoms with van der Waals surface area (Å²) >= 11 is 0. The van der Waals surface area contributed by atoms with E-state index in [2.05, 4.69) is 5.32 Å². The maximum Gasteiger partial charge on any atom is 0.326 e. The number of carbonyl (C=O) groups is 3. The van der Waals surface area contributed by atoms with E-state index in [4.69, 9.17) is 15.6 Å². The predicted molar refractivity (Wildman–Crippen MR) is 70.3 cm³/mol. The number of amides is 2. The summed E-state index contributed by atoms with van der Waals surface area (Å²) in [5.41, 5.74) is 5.14. The third kappa shape index (κ3) is 4.27. The van der Waals surface area contributed by atoms with Gasteiger partial charge in [-0.1, -0.05) is 12.1 Å². The first kappa shape index (κ1) is 15.5. The highest BCUT2D eigenvalue weighted by atomic mass is 16.5. The van der Waals surface area contributed by atoms with Gasteiger partial charge in [0.15, 0.2) is 0 Å². The average molecular weight is 280 g/mol. The number of primary amides is 1. The van der Waals surface area contributed by atoms with Gasteiger partial charge in [0.25, 0.3) is 5.91 Å². The molecule has 1 aromatic carbocycles. The SMILES string of the molecule is CCOc1ccccc1C(=O)N[C@@H](CC(N)=O)C(=O)O. The summed E-state index contributed by atoms with van der Waals surface area (Å²) in [5.74, 6) is -2.43. The summed E-state index contributed by atoms with van der Waals surface area (Å²) in [6, 6.07) is 5.06. The molecule has 0 aliphatic rings. The van der Waals surface area contributed by atoms with Crippen LogP contribution in [0.25, 0.3) is 0 Å². The molecule has 4 N–H and O–H groups in total. The van der Waals surface area contributed by atoms with Gasteiger partial charge >= 0.3 is 5.97 Å². The molecule has 0 aliphatic heterocycles. The lowest BCUT2D eigenvalue weighted by atomic mass is 10.1. The number of aliphatic carboxylic acids is 1. The van der Waals surface area contributed by atoms with Gasteiger partial charge in [0.05, 0.1) is 18.6 Å². The molecule has 0 spiro atoms. The molecule has 0 saturated heterocycles. The molecule has 1 aromatic rings. The Hall–Kier alpha value is -2.57. The van der Waals surface area contributed by atoms with Crippen molar-refractivity contribution in [1.29, 1.82) is 0 Å². The van der Waals surface area contributed by atoms with Crippen molar-refractivity contribution in [1.82, 2.24) is 5.32 Å². The molecule has 0 aliphatic carbocycles. The van der Waals surface area contributed by atoms with Crippen molar-refractivity contribution in [2.24, 2.45) is 5.73 Å². The van der Waals surface area contributed by atoms with Crippen molar-refractivity contribution in [3.05, 3.63) is 29.8 Å². The minimum atomic E-state index is -1.37. The molecule has 1 rings (SSSR count). The second-order valence-corrected chi connectivity index (χ2v) is 3.96. The van der Waals surface area contributed by atoms with Crippen molar-refractivity contribution < 1.29 is 24.2 Å². The molecule has 0 saturated carbocycles. The average Bonchev–Trinajstić information content (AvgIpc) is 2.38. The van der Waals surface area contributed by atoms with Gasteiger partial charge in [-0.2, -0.15) is 0 Å². The van der Waals surface area contributed by atoms with Crippen LogP contribution in [-0.2, 0) is 9.59 Å². The predicted octanol–water partition coefficient (Wildman–Crippen LogP) is 0.144. The minimum absolute atomic E-state index is 0.199. The fourth-order valence-electron chi connectivity index (χ4n) is 1.57. The van der Waals surface area contributed by atoms with E-state index in [1.165, 1.54) is 6.07 Å². The van der Waals surface area contributed by atoms with Gasteiger partial charge in [-0.15, -0.1) is 0 Å². The third-order valence-electron chi connectivity index (χ3n) is 2.44. The number of carboxylic acid groups (broad SMARTS) is 1. The third-order valence-corrected chi connectivity index (χ3v) is 2.44. The first-order valence-electron chi connectivity index (χ1n) is 5.99. The Kier molecular flexibility index (Phi) is 5.52. The molecule has 2 amide bonds. The molecule has 0 heterocycles. The van der Waals surface area contributed by atoms with Crippen LogP contribution in [0.2, 0.25) is 0 Å². The normalized spacial score (nSPS) is 11.4. The number of hydrogen-bond acceptors (Lipinski definition) is 4. The van der Waals surface area contributed by atoms with Crippen LogP contribution in [0, 0.1) is 0 Å². The highest BCUT2D eigenvalue weighted by Gasteiger charge is 2.24. The standard InChI is InChI=1S/C13H16N2O5/c1-2-20-10-6-4-3-5-8(10)12(17)15-9(13(18)19)7-11(14)16/h3-6,9H,2,7H2,1H3,(H2,14,16)(H,15,17)(H,18,19)/t9-/m0/s1. The van der Waals surface area contributed by atoms with Gasteiger partial charge in [-0.25, -0.2) is 4.79 Å². The van der Waals surface area contributed by atoms with Crippen LogP contribution >= 0.6 is 0 Å². The molecule has 1 atom stereocenters. The van der Waals surface area contributed by atoms with Crippen molar-refractivity contribution in [2.75, 3.05) is 6.61 Å². The lowest BCUT2D eigenvalue weighted by Gasteiger charge is -2.14. The van der Waals surface area contributed by atoms with E-state index >= 15 is 0 Å². The molecule has 0 unspecified atom stereocenters. The quantitative estimate of drug-likeness (QED) is 0.656. The number of hydrogen-bond donors (Lipinski definition) is 3. The summed E-state index contributed by atoms with van der Waals surface area (Å²) in [5, 5.41) is 11.2. The first-order chi connectivity index (χ1) is 9.45. The first-order valence-corrected chi connectivity index (χ1v) is 5.99. The van der Waals surface area contributed by atoms with Crippen LogP contribution in [0.5, 0.6) is 5.75 Å². The molecule has 0 radical (unpaired) electrons. The van der Waals surface area contributed by atoms with Crippen molar-refractivity contribution in [3.63, 3.8) is 0 Å². The fourth-order valence-corrected chi connectivity index (χ4v) is 1.57. The van der Waals surface area contributed by atoms with E-state index in [-0.39, 0.29) is 5.56 Å². The van der Waals surface area contributed by atoms with Crippen LogP contribution in [0.15, 0.2) is 24.3 Å². The number of nitrogens with two attached hydrogens (primary N) is 1. The Labute approximate surface area is 115 Å². The zero-order valence-corrected chi connectivity index (χ0v) is 11.0. The lowest BCUT2D eigenvalue weighted by molar-refractivity contribution is -0.140. The van der Waals surface area contributed by atoms with Crippen LogP contribution in [0.3, 0.4) is 0 Å². The van der Waals surface area contributed by atoms with Crippen LogP contribution in [0.4, 0.5) is 0 Å². The van der Waals surface area contributed by atoms with E-state index in [1.807, 2.05) is 0 Å². The van der Waals surface area contributed by atoms with Crippen molar-refractivity contribution in [3.8, 4) is 5.75 Å². The van der Waals surface area contributed by atoms with Crippen molar-refractivity contribution >= 4 is 17.8 Å². The highest BCUT2D eigenvalue weighted by molar-refractivity contribution is 5.99. The molecule has 0 fully saturated rings. The van der Waals surface area contributed by atoms with Gasteiger partial charge in [0, 0.05) is 0 Å². The molecular weight excluding hydrogens is 264 g/mol. The van der Waals surface area contributed by atoms with Crippen LogP contribution < -0.4 is 15.8 Å². The Morgan fingerprint density at radius 3 is 2.55 bits per heavy atom. The Morgan fingerprint density at radius 2 is 2.00 bits per heavy atom. The second-order valence-electron chi connectivity index (χ2n) is 3.96. The summed E-state index contributed by atoms with van der Waals surface area (Å²) in [4.78, 5) is 33.8. The summed E-state index contributed by atoms with van der Waals surface area (Å²) in [7, 11) is 0. The van der Waals surface area contributed by atoms with Gasteiger partial charge in [0.1, 0.15) is 11.8 Å². The largest absolute Gasteiger partial charge is 0.493 e. The van der Waals surface area contributed by atoms with E-state index in [0.29, 0.717) is 12.4 Å². The van der Waals surface area contributed by atoms with Crippen LogP contribution in [0.1, 0.15) is 23.7 Å².